The predicted octanol–water partition coefficient (Wildman–Crippen LogP) is 2.57. The number of aliphatic hydroxyl groups is 1. The third kappa shape index (κ3) is 4.33. The van der Waals surface area contributed by atoms with Gasteiger partial charge in [-0.2, -0.15) is 0 Å². The summed E-state index contributed by atoms with van der Waals surface area (Å²) in [5, 5.41) is 18.0. The fraction of sp³-hybridized carbons (Fsp3) is 0.222. The fourth-order valence-electron chi connectivity index (χ4n) is 2.62. The highest BCUT2D eigenvalue weighted by atomic mass is 19.1. The van der Waals surface area contributed by atoms with Crippen LogP contribution in [0.25, 0.3) is 0 Å². The molecule has 1 heterocycles. The molecule has 1 atom stereocenters. The van der Waals surface area contributed by atoms with Gasteiger partial charge < -0.3 is 21.1 Å². The van der Waals surface area contributed by atoms with Crippen LogP contribution < -0.4 is 16.0 Å². The van der Waals surface area contributed by atoms with Crippen molar-refractivity contribution in [2.24, 2.45) is 0 Å². The van der Waals surface area contributed by atoms with Crippen LogP contribution in [-0.4, -0.2) is 23.6 Å². The van der Waals surface area contributed by atoms with Crippen LogP contribution in [-0.2, 0) is 11.2 Å². The molecule has 0 aromatic heterocycles. The molecule has 3 amide bonds. The quantitative estimate of drug-likeness (QED) is 0.688. The van der Waals surface area contributed by atoms with Gasteiger partial charge in [-0.25, -0.2) is 9.18 Å². The van der Waals surface area contributed by atoms with Crippen LogP contribution in [0.3, 0.4) is 0 Å². The van der Waals surface area contributed by atoms with Crippen molar-refractivity contribution in [2.75, 3.05) is 17.2 Å². The van der Waals surface area contributed by atoms with Gasteiger partial charge in [-0.15, -0.1) is 0 Å². The van der Waals surface area contributed by atoms with Gasteiger partial charge in [0, 0.05) is 24.3 Å². The first-order valence-corrected chi connectivity index (χ1v) is 7.92. The van der Waals surface area contributed by atoms with Crippen LogP contribution in [0, 0.1) is 5.82 Å². The lowest BCUT2D eigenvalue weighted by atomic mass is 10.0. The van der Waals surface area contributed by atoms with Gasteiger partial charge in [0.1, 0.15) is 5.82 Å². The minimum absolute atomic E-state index is 0.0147. The minimum atomic E-state index is -0.936. The van der Waals surface area contributed by atoms with Gasteiger partial charge in [-0.3, -0.25) is 4.79 Å². The summed E-state index contributed by atoms with van der Waals surface area (Å²) in [6.45, 7) is -0.0147. The number of nitrogens with one attached hydrogen (secondary N) is 3. The van der Waals surface area contributed by atoms with Crippen molar-refractivity contribution in [3.05, 3.63) is 59.4 Å². The summed E-state index contributed by atoms with van der Waals surface area (Å²) in [5.41, 5.74) is 2.77. The first-order chi connectivity index (χ1) is 12.0. The van der Waals surface area contributed by atoms with E-state index in [4.69, 9.17) is 0 Å². The Hall–Kier alpha value is -2.93. The summed E-state index contributed by atoms with van der Waals surface area (Å²) in [6.07, 6.45) is 0.202. The number of aliphatic hydroxyl groups excluding tert-OH is 1. The Morgan fingerprint density at radius 1 is 1.20 bits per heavy atom. The maximum absolute atomic E-state index is 12.9. The van der Waals surface area contributed by atoms with Gasteiger partial charge in [-0.1, -0.05) is 18.2 Å². The van der Waals surface area contributed by atoms with Crippen LogP contribution in [0.4, 0.5) is 20.6 Å². The lowest BCUT2D eigenvalue weighted by Gasteiger charge is -2.18. The van der Waals surface area contributed by atoms with E-state index in [1.54, 1.807) is 12.1 Å². The molecule has 0 fully saturated rings. The summed E-state index contributed by atoms with van der Waals surface area (Å²) in [6, 6.07) is 10.3. The van der Waals surface area contributed by atoms with Crippen LogP contribution in [0.1, 0.15) is 23.7 Å². The van der Waals surface area contributed by atoms with Crippen molar-refractivity contribution < 1.29 is 19.1 Å². The van der Waals surface area contributed by atoms with E-state index in [0.29, 0.717) is 29.8 Å². The van der Waals surface area contributed by atoms with E-state index < -0.39 is 12.1 Å². The Bertz CT molecular complexity index is 793. The molecular weight excluding hydrogens is 325 g/mol. The number of hydrogen-bond donors (Lipinski definition) is 4. The second kappa shape index (κ2) is 7.31. The van der Waals surface area contributed by atoms with E-state index >= 15 is 0 Å². The third-order valence-corrected chi connectivity index (χ3v) is 3.97. The molecule has 25 heavy (non-hydrogen) atoms. The molecule has 0 aliphatic carbocycles. The first-order valence-electron chi connectivity index (χ1n) is 7.92. The first kappa shape index (κ1) is 16.9. The van der Waals surface area contributed by atoms with E-state index in [1.165, 1.54) is 24.3 Å². The van der Waals surface area contributed by atoms with Crippen LogP contribution >= 0.6 is 0 Å². The monoisotopic (exact) mass is 343 g/mol. The molecule has 3 rings (SSSR count). The molecule has 2 aromatic rings. The Kier molecular flexibility index (Phi) is 4.95. The van der Waals surface area contributed by atoms with Crippen molar-refractivity contribution in [1.29, 1.82) is 0 Å². The standard InChI is InChI=1S/C18H18FN3O3/c19-13-5-1-12(2-6-13)16(23)10-20-18(25)21-14-7-3-11-4-8-17(24)22-15(11)9-14/h1-3,5-7,9,16,23H,4,8,10H2,(H,22,24)(H2,20,21,25)/t16-/m1/s1. The highest BCUT2D eigenvalue weighted by Crippen LogP contribution is 2.25. The van der Waals surface area contributed by atoms with Crippen molar-refractivity contribution in [3.8, 4) is 0 Å². The molecule has 4 N–H and O–H groups in total. The number of rotatable bonds is 4. The molecular formula is C18H18FN3O3. The molecule has 0 bridgehead atoms. The highest BCUT2D eigenvalue weighted by Gasteiger charge is 2.15. The maximum Gasteiger partial charge on any atom is 0.319 e. The molecule has 0 radical (unpaired) electrons. The van der Waals surface area contributed by atoms with E-state index in [2.05, 4.69) is 16.0 Å². The molecule has 0 saturated carbocycles. The zero-order valence-corrected chi connectivity index (χ0v) is 13.4. The Morgan fingerprint density at radius 2 is 1.96 bits per heavy atom. The molecule has 0 unspecified atom stereocenters. The second-order valence-electron chi connectivity index (χ2n) is 5.82. The smallest absolute Gasteiger partial charge is 0.319 e. The number of amides is 3. The number of halogens is 1. The Morgan fingerprint density at radius 3 is 2.72 bits per heavy atom. The summed E-state index contributed by atoms with van der Waals surface area (Å²) < 4.78 is 12.9. The molecule has 1 aliphatic heterocycles. The van der Waals surface area contributed by atoms with Crippen molar-refractivity contribution in [3.63, 3.8) is 0 Å². The summed E-state index contributed by atoms with van der Waals surface area (Å²) in [5.74, 6) is -0.433. The number of carbonyl (C=O) groups is 2. The second-order valence-corrected chi connectivity index (χ2v) is 5.82. The van der Waals surface area contributed by atoms with Gasteiger partial charge in [0.2, 0.25) is 5.91 Å². The van der Waals surface area contributed by atoms with E-state index in [-0.39, 0.29) is 18.3 Å². The largest absolute Gasteiger partial charge is 0.387 e. The van der Waals surface area contributed by atoms with E-state index in [1.807, 2.05) is 6.07 Å². The average molecular weight is 343 g/mol. The predicted molar refractivity (Wildman–Crippen MR) is 91.8 cm³/mol. The topological polar surface area (TPSA) is 90.5 Å². The number of fused-ring (bicyclic) bond motifs is 1. The van der Waals surface area contributed by atoms with Gasteiger partial charge in [0.05, 0.1) is 6.10 Å². The van der Waals surface area contributed by atoms with Gasteiger partial charge in [0.15, 0.2) is 0 Å². The zero-order valence-electron chi connectivity index (χ0n) is 13.4. The lowest BCUT2D eigenvalue weighted by molar-refractivity contribution is -0.116. The number of hydrogen-bond acceptors (Lipinski definition) is 3. The molecule has 7 heteroatoms. The van der Waals surface area contributed by atoms with Crippen LogP contribution in [0.5, 0.6) is 0 Å². The number of aryl methyl sites for hydroxylation is 1. The molecule has 1 aliphatic rings. The zero-order chi connectivity index (χ0) is 17.8. The Balaban J connectivity index is 1.55. The fourth-order valence-corrected chi connectivity index (χ4v) is 2.62. The normalized spacial score (nSPS) is 14.2. The summed E-state index contributed by atoms with van der Waals surface area (Å²) >= 11 is 0. The number of benzene rings is 2. The molecule has 2 aromatic carbocycles. The van der Waals surface area contributed by atoms with Crippen LogP contribution in [0.15, 0.2) is 42.5 Å². The third-order valence-electron chi connectivity index (χ3n) is 3.97. The minimum Gasteiger partial charge on any atom is -0.387 e. The SMILES string of the molecule is O=C1CCc2ccc(NC(=O)NC[C@@H](O)c3ccc(F)cc3)cc2N1. The summed E-state index contributed by atoms with van der Waals surface area (Å²) in [4.78, 5) is 23.4. The van der Waals surface area contributed by atoms with Crippen LogP contribution in [0.2, 0.25) is 0 Å². The Labute approximate surface area is 144 Å². The number of carbonyl (C=O) groups excluding carboxylic acids is 2. The van der Waals surface area contributed by atoms with Gasteiger partial charge >= 0.3 is 6.03 Å². The average Bonchev–Trinajstić information content (AvgIpc) is 2.60. The molecule has 6 nitrogen and oxygen atoms in total. The van der Waals surface area contributed by atoms with Gasteiger partial charge in [0.25, 0.3) is 0 Å². The van der Waals surface area contributed by atoms with Gasteiger partial charge in [-0.05, 0) is 41.8 Å². The van der Waals surface area contributed by atoms with Crippen molar-refractivity contribution in [1.82, 2.24) is 5.32 Å². The van der Waals surface area contributed by atoms with E-state index in [0.717, 1.165) is 5.56 Å². The highest BCUT2D eigenvalue weighted by molar-refractivity contribution is 5.96. The molecule has 0 saturated heterocycles. The summed E-state index contributed by atoms with van der Waals surface area (Å²) in [7, 11) is 0. The van der Waals surface area contributed by atoms with Crippen molar-refractivity contribution >= 4 is 23.3 Å². The maximum atomic E-state index is 12.9. The van der Waals surface area contributed by atoms with Crippen molar-refractivity contribution in [2.45, 2.75) is 18.9 Å². The lowest BCUT2D eigenvalue weighted by Crippen LogP contribution is -2.32. The van der Waals surface area contributed by atoms with E-state index in [9.17, 15) is 19.1 Å². The number of anilines is 2. The number of urea groups is 1. The molecule has 0 spiro atoms. The molecule has 130 valence electrons.